The number of fused-ring (bicyclic) bond motifs is 3. The van der Waals surface area contributed by atoms with Crippen LogP contribution in [0.5, 0.6) is 5.75 Å². The van der Waals surface area contributed by atoms with Crippen LogP contribution >= 0.6 is 0 Å². The van der Waals surface area contributed by atoms with Gasteiger partial charge >= 0.3 is 11.8 Å². The first-order valence-electron chi connectivity index (χ1n) is 11.8. The standard InChI is InChI=1S/C28H28N4O5/c1-16(2)18-9-11-19(12-10-18)29-26(33)13-17(3)31-32-28(35)27(34)30-22-15-24-21(14-25(22)36-4)20-7-5-6-8-23(20)37-24/h5-12,14-16H,13H2,1-4H3,(H,29,33)(H,30,34)(H,32,35). The average molecular weight is 501 g/mol. The molecule has 9 nitrogen and oxygen atoms in total. The first-order valence-corrected chi connectivity index (χ1v) is 11.8. The van der Waals surface area contributed by atoms with Gasteiger partial charge in [-0.05, 0) is 42.7 Å². The molecule has 0 bridgehead atoms. The third-order valence-corrected chi connectivity index (χ3v) is 5.78. The molecule has 4 aromatic rings. The van der Waals surface area contributed by atoms with Crippen molar-refractivity contribution in [3.8, 4) is 5.75 Å². The molecule has 0 radical (unpaired) electrons. The second kappa shape index (κ2) is 10.9. The molecule has 0 aliphatic rings. The highest BCUT2D eigenvalue weighted by Crippen LogP contribution is 2.36. The van der Waals surface area contributed by atoms with Gasteiger partial charge in [0.25, 0.3) is 0 Å². The van der Waals surface area contributed by atoms with E-state index in [2.05, 4.69) is 35.0 Å². The molecule has 3 aromatic carbocycles. The van der Waals surface area contributed by atoms with Crippen molar-refractivity contribution in [3.05, 3.63) is 66.2 Å². The van der Waals surface area contributed by atoms with Crippen molar-refractivity contribution in [1.82, 2.24) is 5.43 Å². The topological polar surface area (TPSA) is 122 Å². The minimum atomic E-state index is -0.990. The molecule has 37 heavy (non-hydrogen) atoms. The number of ether oxygens (including phenoxy) is 1. The largest absolute Gasteiger partial charge is 0.495 e. The number of furan rings is 1. The number of hydrogen-bond acceptors (Lipinski definition) is 6. The maximum absolute atomic E-state index is 12.5. The van der Waals surface area contributed by atoms with Gasteiger partial charge in [-0.3, -0.25) is 14.4 Å². The van der Waals surface area contributed by atoms with E-state index >= 15 is 0 Å². The summed E-state index contributed by atoms with van der Waals surface area (Å²) in [6.45, 7) is 5.77. The van der Waals surface area contributed by atoms with Crippen LogP contribution in [0.4, 0.5) is 11.4 Å². The van der Waals surface area contributed by atoms with Gasteiger partial charge in [0.05, 0.1) is 19.2 Å². The molecule has 1 aromatic heterocycles. The number of hydrazone groups is 1. The molecule has 190 valence electrons. The summed E-state index contributed by atoms with van der Waals surface area (Å²) >= 11 is 0. The van der Waals surface area contributed by atoms with Crippen molar-refractivity contribution in [1.29, 1.82) is 0 Å². The Bertz CT molecular complexity index is 1500. The smallest absolute Gasteiger partial charge is 0.329 e. The lowest BCUT2D eigenvalue weighted by atomic mass is 10.0. The molecule has 0 saturated heterocycles. The minimum absolute atomic E-state index is 0.0512. The van der Waals surface area contributed by atoms with Crippen LogP contribution in [0, 0.1) is 0 Å². The highest BCUT2D eigenvalue weighted by atomic mass is 16.5. The molecule has 9 heteroatoms. The highest BCUT2D eigenvalue weighted by Gasteiger charge is 2.18. The first-order chi connectivity index (χ1) is 17.7. The summed E-state index contributed by atoms with van der Waals surface area (Å²) in [4.78, 5) is 37.1. The van der Waals surface area contributed by atoms with Crippen LogP contribution in [-0.4, -0.2) is 30.5 Å². The van der Waals surface area contributed by atoms with Crippen LogP contribution in [0.1, 0.15) is 38.7 Å². The Kier molecular flexibility index (Phi) is 7.52. The average Bonchev–Trinajstić information content (AvgIpc) is 3.24. The molecule has 4 rings (SSSR count). The van der Waals surface area contributed by atoms with Crippen LogP contribution in [0.15, 0.2) is 70.2 Å². The number of carbonyl (C=O) groups excluding carboxylic acids is 3. The van der Waals surface area contributed by atoms with Crippen LogP contribution < -0.4 is 20.8 Å². The number of amides is 3. The van der Waals surface area contributed by atoms with Gasteiger partial charge < -0.3 is 19.8 Å². The summed E-state index contributed by atoms with van der Waals surface area (Å²) in [5.41, 5.74) is 5.86. The van der Waals surface area contributed by atoms with E-state index in [-0.39, 0.29) is 18.0 Å². The lowest BCUT2D eigenvalue weighted by Gasteiger charge is -2.10. The molecule has 0 aliphatic carbocycles. The predicted octanol–water partition coefficient (Wildman–Crippen LogP) is 5.18. The number of rotatable bonds is 7. The zero-order chi connectivity index (χ0) is 26.5. The van der Waals surface area contributed by atoms with E-state index in [9.17, 15) is 14.4 Å². The normalized spacial score (nSPS) is 11.5. The quantitative estimate of drug-likeness (QED) is 0.183. The van der Waals surface area contributed by atoms with Crippen LogP contribution in [0.3, 0.4) is 0 Å². The van der Waals surface area contributed by atoms with E-state index < -0.39 is 11.8 Å². The zero-order valence-electron chi connectivity index (χ0n) is 21.0. The van der Waals surface area contributed by atoms with Crippen molar-refractivity contribution in [3.63, 3.8) is 0 Å². The third kappa shape index (κ3) is 5.95. The number of methoxy groups -OCH3 is 1. The summed E-state index contributed by atoms with van der Waals surface area (Å²) in [5.74, 6) is -1.45. The van der Waals surface area contributed by atoms with Crippen molar-refractivity contribution in [2.45, 2.75) is 33.1 Å². The zero-order valence-corrected chi connectivity index (χ0v) is 21.0. The Balaban J connectivity index is 1.36. The summed E-state index contributed by atoms with van der Waals surface area (Å²) in [5, 5.41) is 10.9. The monoisotopic (exact) mass is 500 g/mol. The van der Waals surface area contributed by atoms with Gasteiger partial charge in [0.2, 0.25) is 5.91 Å². The number of benzene rings is 3. The molecule has 0 fully saturated rings. The number of nitrogens with one attached hydrogen (secondary N) is 3. The van der Waals surface area contributed by atoms with E-state index in [1.54, 1.807) is 19.1 Å². The van der Waals surface area contributed by atoms with E-state index in [1.165, 1.54) is 12.7 Å². The van der Waals surface area contributed by atoms with Gasteiger partial charge in [-0.2, -0.15) is 5.10 Å². The Morgan fingerprint density at radius 1 is 0.919 bits per heavy atom. The third-order valence-electron chi connectivity index (χ3n) is 5.78. The summed E-state index contributed by atoms with van der Waals surface area (Å²) < 4.78 is 11.2. The molecule has 3 N–H and O–H groups in total. The van der Waals surface area contributed by atoms with E-state index in [0.29, 0.717) is 34.2 Å². The molecule has 1 heterocycles. The van der Waals surface area contributed by atoms with Crippen LogP contribution in [-0.2, 0) is 14.4 Å². The Morgan fingerprint density at radius 3 is 2.35 bits per heavy atom. The van der Waals surface area contributed by atoms with Gasteiger partial charge in [0.1, 0.15) is 16.9 Å². The number of carbonyl (C=O) groups is 3. The van der Waals surface area contributed by atoms with Gasteiger partial charge in [0.15, 0.2) is 0 Å². The van der Waals surface area contributed by atoms with E-state index in [1.807, 2.05) is 48.5 Å². The highest BCUT2D eigenvalue weighted by molar-refractivity contribution is 6.40. The van der Waals surface area contributed by atoms with Gasteiger partial charge in [-0.25, -0.2) is 5.43 Å². The fourth-order valence-electron chi connectivity index (χ4n) is 3.82. The molecular formula is C28H28N4O5. The second-order valence-corrected chi connectivity index (χ2v) is 8.89. The minimum Gasteiger partial charge on any atom is -0.495 e. The van der Waals surface area contributed by atoms with E-state index in [4.69, 9.17) is 9.15 Å². The molecule has 0 unspecified atom stereocenters. The van der Waals surface area contributed by atoms with Crippen molar-refractivity contribution < 1.29 is 23.5 Å². The van der Waals surface area contributed by atoms with Crippen molar-refractivity contribution >= 4 is 56.7 Å². The molecule has 0 spiro atoms. The maximum Gasteiger partial charge on any atom is 0.329 e. The molecule has 0 atom stereocenters. The molecule has 0 saturated carbocycles. The predicted molar refractivity (Wildman–Crippen MR) is 144 cm³/mol. The molecule has 0 aliphatic heterocycles. The van der Waals surface area contributed by atoms with E-state index in [0.717, 1.165) is 10.8 Å². The van der Waals surface area contributed by atoms with Gasteiger partial charge in [-0.1, -0.05) is 44.2 Å². The van der Waals surface area contributed by atoms with Gasteiger partial charge in [0, 0.05) is 28.2 Å². The fourth-order valence-corrected chi connectivity index (χ4v) is 3.82. The number of anilines is 2. The van der Waals surface area contributed by atoms with Crippen molar-refractivity contribution in [2.24, 2.45) is 5.10 Å². The molecule has 3 amide bonds. The SMILES string of the molecule is COc1cc2c(cc1NC(=O)C(=O)NN=C(C)CC(=O)Nc1ccc(C(C)C)cc1)oc1ccccc12. The second-order valence-electron chi connectivity index (χ2n) is 8.89. The Morgan fingerprint density at radius 2 is 1.65 bits per heavy atom. The van der Waals surface area contributed by atoms with Crippen molar-refractivity contribution in [2.75, 3.05) is 17.7 Å². The maximum atomic E-state index is 12.5. The summed E-state index contributed by atoms with van der Waals surface area (Å²) in [7, 11) is 1.47. The number of nitrogens with zero attached hydrogens (tertiary/aromatic N) is 1. The first kappa shape index (κ1) is 25.4. The lowest BCUT2D eigenvalue weighted by Crippen LogP contribution is -2.33. The van der Waals surface area contributed by atoms with Crippen LogP contribution in [0.25, 0.3) is 21.9 Å². The fraction of sp³-hybridized carbons (Fsp3) is 0.214. The number of para-hydroxylation sites is 1. The van der Waals surface area contributed by atoms with Crippen LogP contribution in [0.2, 0.25) is 0 Å². The Hall–Kier alpha value is -4.66. The summed E-state index contributed by atoms with van der Waals surface area (Å²) in [6.07, 6.45) is -0.0512. The Labute approximate surface area is 213 Å². The van der Waals surface area contributed by atoms with Gasteiger partial charge in [-0.15, -0.1) is 0 Å². The summed E-state index contributed by atoms with van der Waals surface area (Å²) in [6, 6.07) is 18.5. The molecular weight excluding hydrogens is 472 g/mol. The lowest BCUT2D eigenvalue weighted by molar-refractivity contribution is -0.136. The number of hydrogen-bond donors (Lipinski definition) is 3.